The number of fused-ring (bicyclic) bond motifs is 1. The Kier molecular flexibility index (Phi) is 5.84. The van der Waals surface area contributed by atoms with Crippen molar-refractivity contribution in [3.8, 4) is 6.07 Å². The second kappa shape index (κ2) is 8.68. The molecule has 0 radical (unpaired) electrons. The SMILES string of the molecule is CN1CCC(NC2CCc3oc(C#N)c(NC(=O)Cc4ccccc4)c3N2)CC1. The molecule has 4 rings (SSSR count). The van der Waals surface area contributed by atoms with Gasteiger partial charge in [-0.3, -0.25) is 10.1 Å². The molecule has 1 fully saturated rings. The number of hydrogen-bond donors (Lipinski definition) is 3. The molecule has 0 spiro atoms. The van der Waals surface area contributed by atoms with Crippen LogP contribution in [0.2, 0.25) is 0 Å². The Labute approximate surface area is 171 Å². The van der Waals surface area contributed by atoms with E-state index in [0.29, 0.717) is 11.7 Å². The van der Waals surface area contributed by atoms with Gasteiger partial charge in [0.25, 0.3) is 0 Å². The molecule has 0 saturated carbocycles. The van der Waals surface area contributed by atoms with Crippen LogP contribution in [0.3, 0.4) is 0 Å². The molecule has 1 aromatic carbocycles. The molecule has 0 aliphatic carbocycles. The topological polar surface area (TPSA) is 93.3 Å². The third kappa shape index (κ3) is 4.61. The molecule has 7 nitrogen and oxygen atoms in total. The monoisotopic (exact) mass is 393 g/mol. The average Bonchev–Trinajstić information content (AvgIpc) is 3.07. The lowest BCUT2D eigenvalue weighted by Crippen LogP contribution is -2.49. The van der Waals surface area contributed by atoms with Gasteiger partial charge < -0.3 is 20.0 Å². The quantitative estimate of drug-likeness (QED) is 0.723. The molecule has 0 bridgehead atoms. The van der Waals surface area contributed by atoms with Crippen molar-refractivity contribution >= 4 is 17.3 Å². The minimum Gasteiger partial charge on any atom is -0.446 e. The molecule has 1 atom stereocenters. The summed E-state index contributed by atoms with van der Waals surface area (Å²) in [7, 11) is 2.15. The number of hydrogen-bond acceptors (Lipinski definition) is 6. The normalized spacial score (nSPS) is 19.8. The van der Waals surface area contributed by atoms with Gasteiger partial charge in [0.1, 0.15) is 23.2 Å². The minimum atomic E-state index is -0.163. The van der Waals surface area contributed by atoms with E-state index in [1.165, 1.54) is 0 Å². The number of benzene rings is 1. The lowest BCUT2D eigenvalue weighted by atomic mass is 10.0. The number of anilines is 2. The van der Waals surface area contributed by atoms with Crippen molar-refractivity contribution in [2.45, 2.75) is 44.3 Å². The standard InChI is InChI=1S/C22H27N5O2/c1-27-11-9-16(10-12-27)24-19-8-7-17-21(25-19)22(18(14-23)29-17)26-20(28)13-15-5-3-2-4-6-15/h2-6,16,19,24-25H,7-13H2,1H3,(H,26,28). The Morgan fingerprint density at radius 3 is 2.76 bits per heavy atom. The van der Waals surface area contributed by atoms with Crippen molar-refractivity contribution in [1.82, 2.24) is 10.2 Å². The van der Waals surface area contributed by atoms with Gasteiger partial charge in [0.05, 0.1) is 12.6 Å². The molecule has 1 aromatic heterocycles. The zero-order valence-corrected chi connectivity index (χ0v) is 16.7. The zero-order valence-electron chi connectivity index (χ0n) is 16.7. The second-order valence-electron chi connectivity index (χ2n) is 7.91. The molecular weight excluding hydrogens is 366 g/mol. The molecule has 2 aliphatic rings. The van der Waals surface area contributed by atoms with E-state index in [-0.39, 0.29) is 24.3 Å². The lowest BCUT2D eigenvalue weighted by molar-refractivity contribution is -0.115. The van der Waals surface area contributed by atoms with Crippen LogP contribution in [-0.2, 0) is 17.6 Å². The summed E-state index contributed by atoms with van der Waals surface area (Å²) < 4.78 is 5.72. The highest BCUT2D eigenvalue weighted by Gasteiger charge is 2.29. The number of nitrogens with one attached hydrogen (secondary N) is 3. The summed E-state index contributed by atoms with van der Waals surface area (Å²) in [6.07, 6.45) is 4.21. The van der Waals surface area contributed by atoms with Gasteiger partial charge >= 0.3 is 0 Å². The van der Waals surface area contributed by atoms with E-state index in [2.05, 4.69) is 34.0 Å². The van der Waals surface area contributed by atoms with E-state index >= 15 is 0 Å². The first-order valence-corrected chi connectivity index (χ1v) is 10.2. The molecule has 1 amide bonds. The zero-order chi connectivity index (χ0) is 20.2. The molecule has 29 heavy (non-hydrogen) atoms. The first kappa shape index (κ1) is 19.5. The fourth-order valence-electron chi connectivity index (χ4n) is 4.08. The number of nitriles is 1. The summed E-state index contributed by atoms with van der Waals surface area (Å²) in [6, 6.07) is 12.1. The van der Waals surface area contributed by atoms with Gasteiger partial charge in [0, 0.05) is 12.5 Å². The third-order valence-corrected chi connectivity index (χ3v) is 5.69. The lowest BCUT2D eigenvalue weighted by Gasteiger charge is -2.34. The van der Waals surface area contributed by atoms with E-state index in [9.17, 15) is 10.1 Å². The Morgan fingerprint density at radius 2 is 2.03 bits per heavy atom. The summed E-state index contributed by atoms with van der Waals surface area (Å²) >= 11 is 0. The smallest absolute Gasteiger partial charge is 0.229 e. The molecule has 2 aliphatic heterocycles. The number of likely N-dealkylation sites (tertiary alicyclic amines) is 1. The number of amides is 1. The molecule has 1 saturated heterocycles. The van der Waals surface area contributed by atoms with Gasteiger partial charge in [-0.2, -0.15) is 5.26 Å². The maximum atomic E-state index is 12.6. The molecule has 2 aromatic rings. The number of carbonyl (C=O) groups excluding carboxylic acids is 1. The molecule has 3 heterocycles. The Morgan fingerprint density at radius 1 is 1.28 bits per heavy atom. The highest BCUT2D eigenvalue weighted by Crippen LogP contribution is 2.37. The van der Waals surface area contributed by atoms with Crippen LogP contribution in [-0.4, -0.2) is 43.2 Å². The van der Waals surface area contributed by atoms with Gasteiger partial charge in [-0.1, -0.05) is 30.3 Å². The number of aryl methyl sites for hydroxylation is 1. The average molecular weight is 393 g/mol. The fraction of sp³-hybridized carbons (Fsp3) is 0.455. The van der Waals surface area contributed by atoms with E-state index in [1.807, 2.05) is 30.3 Å². The van der Waals surface area contributed by atoms with Crippen molar-refractivity contribution in [3.63, 3.8) is 0 Å². The molecule has 7 heteroatoms. The Hall–Kier alpha value is -2.82. The maximum absolute atomic E-state index is 12.6. The highest BCUT2D eigenvalue weighted by atomic mass is 16.3. The van der Waals surface area contributed by atoms with Gasteiger partial charge in [-0.05, 0) is 45.0 Å². The van der Waals surface area contributed by atoms with Crippen molar-refractivity contribution < 1.29 is 9.21 Å². The molecule has 1 unspecified atom stereocenters. The first-order valence-electron chi connectivity index (χ1n) is 10.2. The largest absolute Gasteiger partial charge is 0.446 e. The fourth-order valence-corrected chi connectivity index (χ4v) is 4.08. The summed E-state index contributed by atoms with van der Waals surface area (Å²) in [6.45, 7) is 2.20. The van der Waals surface area contributed by atoms with Crippen LogP contribution in [0.15, 0.2) is 34.7 Å². The van der Waals surface area contributed by atoms with Crippen LogP contribution in [0.25, 0.3) is 0 Å². The van der Waals surface area contributed by atoms with Crippen molar-refractivity contribution in [2.24, 2.45) is 0 Å². The van der Waals surface area contributed by atoms with E-state index in [4.69, 9.17) is 4.42 Å². The summed E-state index contributed by atoms with van der Waals surface area (Å²) in [5, 5.41) is 19.5. The van der Waals surface area contributed by atoms with Crippen LogP contribution >= 0.6 is 0 Å². The van der Waals surface area contributed by atoms with Crippen molar-refractivity contribution in [1.29, 1.82) is 5.26 Å². The van der Waals surface area contributed by atoms with Gasteiger partial charge in [0.2, 0.25) is 11.7 Å². The van der Waals surface area contributed by atoms with Gasteiger partial charge in [-0.25, -0.2) is 0 Å². The number of piperidine rings is 1. The van der Waals surface area contributed by atoms with Crippen molar-refractivity contribution in [3.05, 3.63) is 47.4 Å². The third-order valence-electron chi connectivity index (χ3n) is 5.69. The summed E-state index contributed by atoms with van der Waals surface area (Å²) in [5.41, 5.74) is 2.12. The van der Waals surface area contributed by atoms with Crippen LogP contribution < -0.4 is 16.0 Å². The van der Waals surface area contributed by atoms with Gasteiger partial charge in [0.15, 0.2) is 0 Å². The van der Waals surface area contributed by atoms with E-state index < -0.39 is 0 Å². The predicted octanol–water partition coefficient (Wildman–Crippen LogP) is 2.70. The van der Waals surface area contributed by atoms with Crippen LogP contribution in [0.5, 0.6) is 0 Å². The van der Waals surface area contributed by atoms with Crippen LogP contribution in [0.4, 0.5) is 11.4 Å². The number of carbonyl (C=O) groups is 1. The van der Waals surface area contributed by atoms with E-state index in [0.717, 1.165) is 55.8 Å². The van der Waals surface area contributed by atoms with Crippen molar-refractivity contribution in [2.75, 3.05) is 30.8 Å². The van der Waals surface area contributed by atoms with Crippen LogP contribution in [0.1, 0.15) is 36.3 Å². The Bertz CT molecular complexity index is 894. The predicted molar refractivity (Wildman–Crippen MR) is 112 cm³/mol. The summed E-state index contributed by atoms with van der Waals surface area (Å²) in [5.74, 6) is 0.727. The minimum absolute atomic E-state index is 0.102. The van der Waals surface area contributed by atoms with E-state index in [1.54, 1.807) is 0 Å². The molecule has 152 valence electrons. The maximum Gasteiger partial charge on any atom is 0.229 e. The number of furan rings is 1. The molecular formula is C22H27N5O2. The van der Waals surface area contributed by atoms with Crippen LogP contribution in [0, 0.1) is 11.3 Å². The first-order chi connectivity index (χ1) is 14.1. The summed E-state index contributed by atoms with van der Waals surface area (Å²) in [4.78, 5) is 14.9. The molecule has 3 N–H and O–H groups in total. The number of nitrogens with zero attached hydrogens (tertiary/aromatic N) is 2. The highest BCUT2D eigenvalue weighted by molar-refractivity contribution is 5.97. The number of rotatable bonds is 5. The Balaban J connectivity index is 1.45. The second-order valence-corrected chi connectivity index (χ2v) is 7.91. The van der Waals surface area contributed by atoms with Gasteiger partial charge in [-0.15, -0.1) is 0 Å².